The lowest BCUT2D eigenvalue weighted by Gasteiger charge is -2.07. The van der Waals surface area contributed by atoms with Crippen LogP contribution in [0.2, 0.25) is 0 Å². The summed E-state index contributed by atoms with van der Waals surface area (Å²) in [6.45, 7) is 6.82. The van der Waals surface area contributed by atoms with Crippen LogP contribution in [0.5, 0.6) is 0 Å². The lowest BCUT2D eigenvalue weighted by Crippen LogP contribution is -2.22. The average molecular weight is 282 g/mol. The van der Waals surface area contributed by atoms with E-state index >= 15 is 0 Å². The molecule has 0 amide bonds. The van der Waals surface area contributed by atoms with Gasteiger partial charge in [0, 0.05) is 4.47 Å². The normalized spacial score (nSPS) is 23.8. The molecule has 0 heterocycles. The van der Waals surface area contributed by atoms with Crippen molar-refractivity contribution in [2.75, 3.05) is 13.1 Å². The first-order valence-corrected chi connectivity index (χ1v) is 6.93. The maximum atomic E-state index is 3.64. The third-order valence-electron chi connectivity index (χ3n) is 3.19. The van der Waals surface area contributed by atoms with Crippen LogP contribution >= 0.6 is 15.9 Å². The summed E-state index contributed by atoms with van der Waals surface area (Å²) in [4.78, 5) is 0. The third-order valence-corrected chi connectivity index (χ3v) is 3.91. The molecule has 2 unspecified atom stereocenters. The van der Waals surface area contributed by atoms with Gasteiger partial charge in [-0.2, -0.15) is 0 Å². The Bertz CT molecular complexity index is 348. The summed E-state index contributed by atoms with van der Waals surface area (Å²) < 4.78 is 1.27. The van der Waals surface area contributed by atoms with Gasteiger partial charge >= 0.3 is 0 Å². The Labute approximate surface area is 107 Å². The van der Waals surface area contributed by atoms with Gasteiger partial charge in [-0.1, -0.05) is 48.0 Å². The summed E-state index contributed by atoms with van der Waals surface area (Å²) in [6.07, 6.45) is 1.34. The molecule has 1 aliphatic carbocycles. The Kier molecular flexibility index (Phi) is 4.04. The standard InChI is InChI=1S/C14H20BrN/c1-10(2)8-16-9-11-7-13(11)12-5-3-4-6-14(12)15/h3-6,10-11,13,16H,7-9H2,1-2H3. The second-order valence-corrected chi connectivity index (χ2v) is 6.03. The molecule has 1 fully saturated rings. The van der Waals surface area contributed by atoms with Crippen LogP contribution in [0, 0.1) is 11.8 Å². The Morgan fingerprint density at radius 3 is 2.81 bits per heavy atom. The molecule has 0 aliphatic heterocycles. The van der Waals surface area contributed by atoms with E-state index in [1.807, 2.05) is 0 Å². The topological polar surface area (TPSA) is 12.0 Å². The maximum absolute atomic E-state index is 3.64. The first kappa shape index (κ1) is 12.1. The lowest BCUT2D eigenvalue weighted by atomic mass is 10.1. The molecule has 88 valence electrons. The van der Waals surface area contributed by atoms with Crippen LogP contribution in [0.3, 0.4) is 0 Å². The monoisotopic (exact) mass is 281 g/mol. The molecular formula is C14H20BrN. The molecule has 2 atom stereocenters. The van der Waals surface area contributed by atoms with E-state index in [-0.39, 0.29) is 0 Å². The second kappa shape index (κ2) is 5.33. The molecule has 1 aromatic rings. The first-order valence-electron chi connectivity index (χ1n) is 6.13. The van der Waals surface area contributed by atoms with Crippen molar-refractivity contribution in [3.63, 3.8) is 0 Å². The quantitative estimate of drug-likeness (QED) is 0.866. The molecule has 1 aromatic carbocycles. The first-order chi connectivity index (χ1) is 7.68. The molecule has 2 heteroatoms. The molecular weight excluding hydrogens is 262 g/mol. The molecule has 1 aliphatic rings. The molecule has 1 N–H and O–H groups in total. The van der Waals surface area contributed by atoms with Gasteiger partial charge in [-0.25, -0.2) is 0 Å². The highest BCUT2D eigenvalue weighted by atomic mass is 79.9. The van der Waals surface area contributed by atoms with E-state index in [4.69, 9.17) is 0 Å². The van der Waals surface area contributed by atoms with E-state index < -0.39 is 0 Å². The fourth-order valence-electron chi connectivity index (χ4n) is 2.19. The van der Waals surface area contributed by atoms with Crippen molar-refractivity contribution in [3.8, 4) is 0 Å². The molecule has 0 saturated heterocycles. The summed E-state index contributed by atoms with van der Waals surface area (Å²) in [5, 5.41) is 3.55. The van der Waals surface area contributed by atoms with Gasteiger partial charge in [0.05, 0.1) is 0 Å². The molecule has 1 nitrogen and oxygen atoms in total. The van der Waals surface area contributed by atoms with Gasteiger partial charge < -0.3 is 5.32 Å². The zero-order valence-corrected chi connectivity index (χ0v) is 11.6. The fraction of sp³-hybridized carbons (Fsp3) is 0.571. The SMILES string of the molecule is CC(C)CNCC1CC1c1ccccc1Br. The van der Waals surface area contributed by atoms with Crippen LogP contribution in [-0.2, 0) is 0 Å². The highest BCUT2D eigenvalue weighted by Crippen LogP contribution is 2.49. The van der Waals surface area contributed by atoms with Crippen molar-refractivity contribution in [2.45, 2.75) is 26.2 Å². The van der Waals surface area contributed by atoms with Crippen molar-refractivity contribution in [1.82, 2.24) is 5.32 Å². The van der Waals surface area contributed by atoms with E-state index in [2.05, 4.69) is 59.4 Å². The van der Waals surface area contributed by atoms with E-state index in [0.717, 1.165) is 24.3 Å². The van der Waals surface area contributed by atoms with E-state index in [1.165, 1.54) is 23.0 Å². The number of benzene rings is 1. The smallest absolute Gasteiger partial charge is 0.0210 e. The number of hydrogen-bond acceptors (Lipinski definition) is 1. The van der Waals surface area contributed by atoms with Crippen LogP contribution < -0.4 is 5.32 Å². The highest BCUT2D eigenvalue weighted by Gasteiger charge is 2.38. The molecule has 0 aromatic heterocycles. The highest BCUT2D eigenvalue weighted by molar-refractivity contribution is 9.10. The number of rotatable bonds is 5. The van der Waals surface area contributed by atoms with Crippen molar-refractivity contribution >= 4 is 15.9 Å². The minimum absolute atomic E-state index is 0.751. The van der Waals surface area contributed by atoms with Crippen LogP contribution in [0.15, 0.2) is 28.7 Å². The zero-order valence-electron chi connectivity index (χ0n) is 10.0. The maximum Gasteiger partial charge on any atom is 0.0210 e. The molecule has 0 spiro atoms. The van der Waals surface area contributed by atoms with Gasteiger partial charge in [-0.15, -0.1) is 0 Å². The minimum atomic E-state index is 0.751. The van der Waals surface area contributed by atoms with Crippen molar-refractivity contribution < 1.29 is 0 Å². The molecule has 1 saturated carbocycles. The fourth-order valence-corrected chi connectivity index (χ4v) is 2.77. The minimum Gasteiger partial charge on any atom is -0.316 e. The third kappa shape index (κ3) is 3.08. The Morgan fingerprint density at radius 1 is 1.38 bits per heavy atom. The summed E-state index contributed by atoms with van der Waals surface area (Å²) >= 11 is 3.64. The molecule has 2 rings (SSSR count). The number of halogens is 1. The molecule has 0 radical (unpaired) electrons. The van der Waals surface area contributed by atoms with Gasteiger partial charge in [-0.05, 0) is 48.9 Å². The zero-order chi connectivity index (χ0) is 11.5. The number of hydrogen-bond donors (Lipinski definition) is 1. The Morgan fingerprint density at radius 2 is 2.12 bits per heavy atom. The summed E-state index contributed by atoms with van der Waals surface area (Å²) in [5.74, 6) is 2.37. The van der Waals surface area contributed by atoms with Gasteiger partial charge in [0.1, 0.15) is 0 Å². The lowest BCUT2D eigenvalue weighted by molar-refractivity contribution is 0.532. The predicted molar refractivity (Wildman–Crippen MR) is 72.7 cm³/mol. The van der Waals surface area contributed by atoms with E-state index in [9.17, 15) is 0 Å². The van der Waals surface area contributed by atoms with Crippen LogP contribution in [0.4, 0.5) is 0 Å². The van der Waals surface area contributed by atoms with Crippen LogP contribution in [0.25, 0.3) is 0 Å². The Balaban J connectivity index is 1.81. The van der Waals surface area contributed by atoms with Gasteiger partial charge in [0.2, 0.25) is 0 Å². The van der Waals surface area contributed by atoms with Crippen molar-refractivity contribution in [3.05, 3.63) is 34.3 Å². The predicted octanol–water partition coefficient (Wildman–Crippen LogP) is 3.80. The van der Waals surface area contributed by atoms with Crippen molar-refractivity contribution in [2.24, 2.45) is 11.8 Å². The van der Waals surface area contributed by atoms with Gasteiger partial charge in [0.25, 0.3) is 0 Å². The van der Waals surface area contributed by atoms with Crippen molar-refractivity contribution in [1.29, 1.82) is 0 Å². The van der Waals surface area contributed by atoms with Crippen LogP contribution in [0.1, 0.15) is 31.7 Å². The molecule has 16 heavy (non-hydrogen) atoms. The van der Waals surface area contributed by atoms with Gasteiger partial charge in [-0.3, -0.25) is 0 Å². The van der Waals surface area contributed by atoms with E-state index in [1.54, 1.807) is 0 Å². The summed E-state index contributed by atoms with van der Waals surface area (Å²) in [7, 11) is 0. The summed E-state index contributed by atoms with van der Waals surface area (Å²) in [6, 6.07) is 8.61. The van der Waals surface area contributed by atoms with Gasteiger partial charge in [0.15, 0.2) is 0 Å². The Hall–Kier alpha value is -0.340. The average Bonchev–Trinajstić information content (AvgIpc) is 2.97. The molecule has 0 bridgehead atoms. The summed E-state index contributed by atoms with van der Waals surface area (Å²) in [5.41, 5.74) is 1.49. The van der Waals surface area contributed by atoms with E-state index in [0.29, 0.717) is 0 Å². The number of nitrogens with one attached hydrogen (secondary N) is 1. The largest absolute Gasteiger partial charge is 0.316 e. The second-order valence-electron chi connectivity index (χ2n) is 5.18. The van der Waals surface area contributed by atoms with Crippen LogP contribution in [-0.4, -0.2) is 13.1 Å².